The Balaban J connectivity index is 1.81. The second-order valence-electron chi connectivity index (χ2n) is 4.57. The Morgan fingerprint density at radius 1 is 1.57 bits per heavy atom. The van der Waals surface area contributed by atoms with Crippen LogP contribution in [0.25, 0.3) is 0 Å². The molecule has 2 aliphatic heterocycles. The molecule has 0 bridgehead atoms. The van der Waals surface area contributed by atoms with Crippen LogP contribution in [0.4, 0.5) is 0 Å². The van der Waals surface area contributed by atoms with E-state index in [1.165, 1.54) is 39.8 Å². The molecule has 112 valence electrons. The van der Waals surface area contributed by atoms with Crippen molar-refractivity contribution in [1.29, 1.82) is 0 Å². The van der Waals surface area contributed by atoms with Crippen LogP contribution in [-0.2, 0) is 9.59 Å². The molecule has 2 atom stereocenters. The molecule has 0 spiro atoms. The average molecular weight is 344 g/mol. The molecule has 1 fully saturated rings. The van der Waals surface area contributed by atoms with Crippen LogP contribution in [0.1, 0.15) is 5.01 Å². The van der Waals surface area contributed by atoms with Gasteiger partial charge in [0.1, 0.15) is 22.1 Å². The number of carboxylic acids is 1. The van der Waals surface area contributed by atoms with E-state index in [0.29, 0.717) is 11.5 Å². The lowest BCUT2D eigenvalue weighted by Gasteiger charge is -2.48. The molecule has 10 heteroatoms. The van der Waals surface area contributed by atoms with Crippen LogP contribution >= 0.6 is 34.9 Å². The first-order chi connectivity index (χ1) is 9.99. The molecule has 1 aromatic rings. The van der Waals surface area contributed by atoms with Gasteiger partial charge >= 0.3 is 5.97 Å². The van der Waals surface area contributed by atoms with Gasteiger partial charge in [0.05, 0.1) is 0 Å². The number of aryl methyl sites for hydroxylation is 1. The Labute approximate surface area is 133 Å². The summed E-state index contributed by atoms with van der Waals surface area (Å²) in [7, 11) is 0. The normalized spacial score (nSPS) is 24.9. The Kier molecular flexibility index (Phi) is 3.95. The van der Waals surface area contributed by atoms with E-state index in [-0.39, 0.29) is 17.0 Å². The van der Waals surface area contributed by atoms with E-state index in [1.54, 1.807) is 0 Å². The number of nitrogens with two attached hydrogens (primary N) is 1. The van der Waals surface area contributed by atoms with Crippen molar-refractivity contribution in [2.45, 2.75) is 22.7 Å². The van der Waals surface area contributed by atoms with Gasteiger partial charge in [-0.05, 0) is 12.5 Å². The highest BCUT2D eigenvalue weighted by Crippen LogP contribution is 2.40. The minimum atomic E-state index is -1.08. The van der Waals surface area contributed by atoms with Crippen molar-refractivity contribution in [3.05, 3.63) is 16.3 Å². The number of fused-ring (bicyclic) bond motifs is 1. The van der Waals surface area contributed by atoms with E-state index in [0.717, 1.165) is 14.9 Å². The van der Waals surface area contributed by atoms with Crippen LogP contribution in [0, 0.1) is 6.92 Å². The van der Waals surface area contributed by atoms with E-state index < -0.39 is 12.0 Å². The molecule has 3 rings (SSSR count). The van der Waals surface area contributed by atoms with Crippen molar-refractivity contribution in [1.82, 2.24) is 15.1 Å². The topological polar surface area (TPSA) is 109 Å². The molecule has 3 heterocycles. The van der Waals surface area contributed by atoms with Gasteiger partial charge in [0.25, 0.3) is 0 Å². The highest BCUT2D eigenvalue weighted by atomic mass is 32.2. The molecule has 0 aliphatic carbocycles. The van der Waals surface area contributed by atoms with Crippen LogP contribution in [0.15, 0.2) is 15.6 Å². The van der Waals surface area contributed by atoms with Crippen LogP contribution in [-0.4, -0.2) is 55.0 Å². The highest BCUT2D eigenvalue weighted by molar-refractivity contribution is 8.01. The summed E-state index contributed by atoms with van der Waals surface area (Å²) in [5, 5.41) is 17.9. The van der Waals surface area contributed by atoms with E-state index in [9.17, 15) is 14.7 Å². The molecule has 0 aromatic carbocycles. The van der Waals surface area contributed by atoms with Crippen LogP contribution in [0.5, 0.6) is 0 Å². The predicted octanol–water partition coefficient (Wildman–Crippen LogP) is 0.520. The number of rotatable bonds is 4. The van der Waals surface area contributed by atoms with E-state index in [2.05, 4.69) is 10.2 Å². The Bertz CT molecular complexity index is 644. The van der Waals surface area contributed by atoms with Gasteiger partial charge in [0.2, 0.25) is 5.91 Å². The Morgan fingerprint density at radius 2 is 2.33 bits per heavy atom. The fraction of sp³-hybridized carbons (Fsp3) is 0.455. The second-order valence-corrected chi connectivity index (χ2v) is 8.08. The first-order valence-electron chi connectivity index (χ1n) is 6.07. The summed E-state index contributed by atoms with van der Waals surface area (Å²) in [6, 6.07) is -0.593. The molecule has 7 nitrogen and oxygen atoms in total. The zero-order chi connectivity index (χ0) is 15.1. The number of aliphatic carboxylic acids is 1. The van der Waals surface area contributed by atoms with Crippen molar-refractivity contribution in [2.24, 2.45) is 5.73 Å². The SMILES string of the molecule is Cc1nnc(SCC2=C(C(=O)O)N3C(=O)C(N)[C@@H]3SC2)s1. The van der Waals surface area contributed by atoms with Gasteiger partial charge in [-0.1, -0.05) is 23.1 Å². The van der Waals surface area contributed by atoms with Crippen molar-refractivity contribution in [3.8, 4) is 0 Å². The summed E-state index contributed by atoms with van der Waals surface area (Å²) in [6.07, 6.45) is 0. The predicted molar refractivity (Wildman–Crippen MR) is 81.1 cm³/mol. The Morgan fingerprint density at radius 3 is 2.95 bits per heavy atom. The maximum absolute atomic E-state index is 11.8. The summed E-state index contributed by atoms with van der Waals surface area (Å²) in [6.45, 7) is 1.87. The third kappa shape index (κ3) is 2.56. The quantitative estimate of drug-likeness (QED) is 0.601. The van der Waals surface area contributed by atoms with E-state index >= 15 is 0 Å². The molecule has 1 amide bonds. The molecular weight excluding hydrogens is 332 g/mol. The minimum absolute atomic E-state index is 0.0826. The van der Waals surface area contributed by atoms with E-state index in [4.69, 9.17) is 5.73 Å². The van der Waals surface area contributed by atoms with Crippen molar-refractivity contribution in [3.63, 3.8) is 0 Å². The molecule has 0 radical (unpaired) electrons. The third-order valence-electron chi connectivity index (χ3n) is 3.17. The number of carboxylic acid groups (broad SMARTS) is 1. The van der Waals surface area contributed by atoms with Crippen LogP contribution in [0.3, 0.4) is 0 Å². The molecule has 1 saturated heterocycles. The average Bonchev–Trinajstić information content (AvgIpc) is 2.88. The summed E-state index contributed by atoms with van der Waals surface area (Å²) in [5.74, 6) is -0.354. The summed E-state index contributed by atoms with van der Waals surface area (Å²) < 4.78 is 0.795. The van der Waals surface area contributed by atoms with Crippen LogP contribution in [0.2, 0.25) is 0 Å². The Hall–Kier alpha value is -1.10. The highest BCUT2D eigenvalue weighted by Gasteiger charge is 2.51. The number of thioether (sulfide) groups is 2. The third-order valence-corrected chi connectivity index (χ3v) is 6.59. The van der Waals surface area contributed by atoms with Gasteiger partial charge in [-0.3, -0.25) is 9.69 Å². The molecule has 1 unspecified atom stereocenters. The molecule has 1 aromatic heterocycles. The van der Waals surface area contributed by atoms with E-state index in [1.807, 2.05) is 6.92 Å². The van der Waals surface area contributed by atoms with Crippen molar-refractivity contribution < 1.29 is 14.7 Å². The zero-order valence-corrected chi connectivity index (χ0v) is 13.4. The number of hydrogen-bond donors (Lipinski definition) is 2. The van der Waals surface area contributed by atoms with Crippen molar-refractivity contribution in [2.75, 3.05) is 11.5 Å². The largest absolute Gasteiger partial charge is 0.477 e. The molecule has 2 aliphatic rings. The fourth-order valence-electron chi connectivity index (χ4n) is 2.18. The number of β-lactam (4-membered cyclic amide) rings is 1. The lowest BCUT2D eigenvalue weighted by atomic mass is 10.0. The maximum Gasteiger partial charge on any atom is 0.352 e. The molecule has 0 saturated carbocycles. The molecular formula is C11H12N4O3S3. The number of carbonyl (C=O) groups is 2. The fourth-order valence-corrected chi connectivity index (χ4v) is 5.42. The summed E-state index contributed by atoms with van der Waals surface area (Å²) >= 11 is 4.41. The maximum atomic E-state index is 11.8. The first-order valence-corrected chi connectivity index (χ1v) is 8.92. The zero-order valence-electron chi connectivity index (χ0n) is 11.0. The minimum Gasteiger partial charge on any atom is -0.477 e. The van der Waals surface area contributed by atoms with Gasteiger partial charge in [-0.15, -0.1) is 22.0 Å². The van der Waals surface area contributed by atoms with Gasteiger partial charge in [0.15, 0.2) is 4.34 Å². The lowest BCUT2D eigenvalue weighted by Crippen LogP contribution is -2.68. The number of aromatic nitrogens is 2. The monoisotopic (exact) mass is 344 g/mol. The first kappa shape index (κ1) is 14.8. The van der Waals surface area contributed by atoms with Gasteiger partial charge < -0.3 is 10.8 Å². The molecule has 21 heavy (non-hydrogen) atoms. The van der Waals surface area contributed by atoms with Gasteiger partial charge in [0, 0.05) is 11.5 Å². The molecule has 3 N–H and O–H groups in total. The lowest BCUT2D eigenvalue weighted by molar-refractivity contribution is -0.147. The number of nitrogens with zero attached hydrogens (tertiary/aromatic N) is 3. The number of amides is 1. The van der Waals surface area contributed by atoms with Gasteiger partial charge in [-0.2, -0.15) is 0 Å². The van der Waals surface area contributed by atoms with Crippen molar-refractivity contribution >= 4 is 46.7 Å². The summed E-state index contributed by atoms with van der Waals surface area (Å²) in [4.78, 5) is 24.6. The smallest absolute Gasteiger partial charge is 0.352 e. The van der Waals surface area contributed by atoms with Crippen LogP contribution < -0.4 is 5.73 Å². The number of hydrogen-bond acceptors (Lipinski definition) is 8. The second kappa shape index (κ2) is 5.59. The van der Waals surface area contributed by atoms with Gasteiger partial charge in [-0.25, -0.2) is 4.79 Å². The number of carbonyl (C=O) groups excluding carboxylic acids is 1. The standard InChI is InChI=1S/C11H12N4O3S3/c1-4-13-14-11(21-4)20-3-5-2-19-9-6(12)8(16)15(9)7(5)10(17)18/h6,9H,2-3,12H2,1H3,(H,17,18)/t6?,9-/m0/s1. The summed E-state index contributed by atoms with van der Waals surface area (Å²) in [5.41, 5.74) is 6.51.